The summed E-state index contributed by atoms with van der Waals surface area (Å²) < 4.78 is 10.1. The Morgan fingerprint density at radius 2 is 1.89 bits per heavy atom. The summed E-state index contributed by atoms with van der Waals surface area (Å²) in [6.07, 6.45) is -0.0769. The van der Waals surface area contributed by atoms with Gasteiger partial charge in [0.1, 0.15) is 11.3 Å². The highest BCUT2D eigenvalue weighted by molar-refractivity contribution is 5.68. The molecule has 1 unspecified atom stereocenters. The van der Waals surface area contributed by atoms with Crippen molar-refractivity contribution in [2.75, 3.05) is 0 Å². The monoisotopic (exact) mass is 260 g/mol. The minimum absolute atomic E-state index is 0.238. The molecule has 2 N–H and O–H groups in total. The maximum atomic E-state index is 9.09. The van der Waals surface area contributed by atoms with Gasteiger partial charge in [-0.2, -0.15) is 0 Å². The second-order valence-electron chi connectivity index (χ2n) is 4.03. The van der Waals surface area contributed by atoms with Crippen molar-refractivity contribution in [1.29, 1.82) is 0 Å². The topological polar surface area (TPSA) is 62.8 Å². The summed E-state index contributed by atoms with van der Waals surface area (Å²) in [7, 11) is 0. The molecule has 100 valence electrons. The fourth-order valence-electron chi connectivity index (χ4n) is 1.51. The molecule has 0 radical (unpaired) electrons. The number of phenolic OH excluding ortho intramolecular Hbond substituents is 1. The van der Waals surface area contributed by atoms with Gasteiger partial charge >= 0.3 is 0 Å². The minimum atomic E-state index is -0.683. The molecule has 3 rings (SSSR count). The van der Waals surface area contributed by atoms with Crippen LogP contribution >= 0.6 is 0 Å². The zero-order valence-electron chi connectivity index (χ0n) is 10.6. The predicted octanol–water partition coefficient (Wildman–Crippen LogP) is 3.37. The lowest BCUT2D eigenvalue weighted by Crippen LogP contribution is -2.13. The Morgan fingerprint density at radius 1 is 1.16 bits per heavy atom. The molecule has 0 saturated heterocycles. The first-order valence-corrected chi connectivity index (χ1v) is 6.09. The molecule has 0 aliphatic heterocycles. The van der Waals surface area contributed by atoms with Gasteiger partial charge in [-0.15, -0.1) is 0 Å². The highest BCUT2D eigenvalue weighted by atomic mass is 16.6. The predicted molar refractivity (Wildman–Crippen MR) is 72.4 cm³/mol. The van der Waals surface area contributed by atoms with Crippen LogP contribution in [0.4, 0.5) is 0 Å². The number of hydrogen-bond donors (Lipinski definition) is 2. The van der Waals surface area contributed by atoms with E-state index >= 15 is 0 Å². The fourth-order valence-corrected chi connectivity index (χ4v) is 1.51. The molecule has 4 heteroatoms. The smallest absolute Gasteiger partial charge is 0.197 e. The molecule has 0 spiro atoms. The van der Waals surface area contributed by atoms with Crippen molar-refractivity contribution in [3.8, 4) is 11.5 Å². The Balaban J connectivity index is 0.000000146. The second kappa shape index (κ2) is 6.11. The van der Waals surface area contributed by atoms with Crippen LogP contribution in [0.25, 0.3) is 11.2 Å². The third-order valence-corrected chi connectivity index (χ3v) is 2.52. The number of para-hydroxylation sites is 1. The van der Waals surface area contributed by atoms with E-state index in [2.05, 4.69) is 0 Å². The van der Waals surface area contributed by atoms with Gasteiger partial charge in [0, 0.05) is 12.5 Å². The molecular formula is C15H16O4. The summed E-state index contributed by atoms with van der Waals surface area (Å²) in [5, 5.41) is 17.9. The standard InChI is InChI=1S/C9H12O2.C6H4O2/c1-2-9(10)11-8-6-4-3-5-7-8;7-5-3-4-1-2-6(5)8-4/h3-7,9-10H,2H2,1H3;1-3,7H. The second-order valence-corrected chi connectivity index (χ2v) is 4.03. The number of furan rings is 2. The summed E-state index contributed by atoms with van der Waals surface area (Å²) in [5.41, 5.74) is 1.30. The molecule has 0 saturated carbocycles. The number of aliphatic hydroxyl groups is 1. The Bertz CT molecular complexity index is 588. The van der Waals surface area contributed by atoms with Gasteiger partial charge in [0.2, 0.25) is 0 Å². The first-order chi connectivity index (χ1) is 9.19. The average molecular weight is 260 g/mol. The van der Waals surface area contributed by atoms with Gasteiger partial charge in [0.15, 0.2) is 17.6 Å². The van der Waals surface area contributed by atoms with Crippen molar-refractivity contribution in [1.82, 2.24) is 0 Å². The summed E-state index contributed by atoms with van der Waals surface area (Å²) >= 11 is 0. The zero-order chi connectivity index (χ0) is 13.7. The number of rotatable bonds is 3. The van der Waals surface area contributed by atoms with E-state index in [-0.39, 0.29) is 5.75 Å². The molecule has 2 aromatic heterocycles. The molecule has 2 bridgehead atoms. The lowest BCUT2D eigenvalue weighted by molar-refractivity contribution is -0.0191. The molecule has 0 fully saturated rings. The van der Waals surface area contributed by atoms with Crippen LogP contribution in [-0.4, -0.2) is 16.5 Å². The van der Waals surface area contributed by atoms with Gasteiger partial charge in [-0.05, 0) is 24.3 Å². The molecule has 0 aliphatic carbocycles. The molecule has 0 aliphatic rings. The molecule has 2 heterocycles. The largest absolute Gasteiger partial charge is 0.504 e. The maximum Gasteiger partial charge on any atom is 0.197 e. The fraction of sp³-hybridized carbons (Fsp3) is 0.200. The molecule has 1 atom stereocenters. The first kappa shape index (κ1) is 13.2. The van der Waals surface area contributed by atoms with Gasteiger partial charge < -0.3 is 19.4 Å². The third kappa shape index (κ3) is 3.63. The van der Waals surface area contributed by atoms with Crippen molar-refractivity contribution in [2.45, 2.75) is 19.6 Å². The van der Waals surface area contributed by atoms with Crippen LogP contribution in [0.3, 0.4) is 0 Å². The highest BCUT2D eigenvalue weighted by Crippen LogP contribution is 2.26. The van der Waals surface area contributed by atoms with Crippen molar-refractivity contribution in [3.63, 3.8) is 0 Å². The number of aromatic hydroxyl groups is 1. The Hall–Kier alpha value is -2.20. The quantitative estimate of drug-likeness (QED) is 0.709. The van der Waals surface area contributed by atoms with Gasteiger partial charge in [-0.1, -0.05) is 25.1 Å². The lowest BCUT2D eigenvalue weighted by atomic mass is 10.3. The number of ether oxygens (including phenoxy) is 1. The van der Waals surface area contributed by atoms with E-state index in [0.717, 1.165) is 5.58 Å². The SMILES string of the molecule is CCC(O)Oc1ccccc1.Oc1cc2ccc1o2. The number of phenols is 1. The normalized spacial score (nSPS) is 11.9. The van der Waals surface area contributed by atoms with E-state index in [9.17, 15) is 0 Å². The van der Waals surface area contributed by atoms with E-state index in [1.165, 1.54) is 0 Å². The third-order valence-electron chi connectivity index (χ3n) is 2.52. The van der Waals surface area contributed by atoms with Crippen molar-refractivity contribution < 1.29 is 19.4 Å². The number of hydrogen-bond acceptors (Lipinski definition) is 4. The highest BCUT2D eigenvalue weighted by Gasteiger charge is 2.02. The van der Waals surface area contributed by atoms with Crippen LogP contribution in [-0.2, 0) is 0 Å². The van der Waals surface area contributed by atoms with Gasteiger partial charge in [0.05, 0.1) is 0 Å². The van der Waals surface area contributed by atoms with E-state index in [4.69, 9.17) is 19.4 Å². The van der Waals surface area contributed by atoms with E-state index in [0.29, 0.717) is 17.8 Å². The van der Waals surface area contributed by atoms with E-state index in [1.807, 2.05) is 43.3 Å². The van der Waals surface area contributed by atoms with Crippen LogP contribution in [0.15, 0.2) is 52.9 Å². The molecular weight excluding hydrogens is 244 g/mol. The summed E-state index contributed by atoms with van der Waals surface area (Å²) in [6, 6.07) is 14.4. The van der Waals surface area contributed by atoms with Crippen molar-refractivity contribution in [3.05, 3.63) is 48.5 Å². The minimum Gasteiger partial charge on any atom is -0.504 e. The molecule has 1 aromatic carbocycles. The van der Waals surface area contributed by atoms with Crippen LogP contribution < -0.4 is 4.74 Å². The van der Waals surface area contributed by atoms with E-state index in [1.54, 1.807) is 12.1 Å². The van der Waals surface area contributed by atoms with Crippen molar-refractivity contribution in [2.24, 2.45) is 0 Å². The number of benzene rings is 2. The zero-order valence-corrected chi connectivity index (χ0v) is 10.6. The molecule has 3 aromatic rings. The average Bonchev–Trinajstić information content (AvgIpc) is 3.02. The Morgan fingerprint density at radius 3 is 2.32 bits per heavy atom. The van der Waals surface area contributed by atoms with E-state index < -0.39 is 6.29 Å². The first-order valence-electron chi connectivity index (χ1n) is 6.09. The summed E-state index contributed by atoms with van der Waals surface area (Å²) in [5.74, 6) is 0.948. The maximum absolute atomic E-state index is 9.09. The lowest BCUT2D eigenvalue weighted by Gasteiger charge is -2.10. The number of aliphatic hydroxyl groups excluding tert-OH is 1. The van der Waals surface area contributed by atoms with Crippen LogP contribution in [0.1, 0.15) is 13.3 Å². The van der Waals surface area contributed by atoms with Crippen molar-refractivity contribution >= 4 is 11.2 Å². The van der Waals surface area contributed by atoms with Crippen LogP contribution in [0.2, 0.25) is 0 Å². The van der Waals surface area contributed by atoms with Gasteiger partial charge in [-0.3, -0.25) is 0 Å². The molecule has 0 amide bonds. The van der Waals surface area contributed by atoms with Gasteiger partial charge in [0.25, 0.3) is 0 Å². The Kier molecular flexibility index (Phi) is 4.26. The van der Waals surface area contributed by atoms with Gasteiger partial charge in [-0.25, -0.2) is 0 Å². The van der Waals surface area contributed by atoms with Crippen LogP contribution in [0.5, 0.6) is 11.5 Å². The molecule has 4 nitrogen and oxygen atoms in total. The number of fused-ring (bicyclic) bond motifs is 2. The summed E-state index contributed by atoms with van der Waals surface area (Å²) in [4.78, 5) is 0. The molecule has 19 heavy (non-hydrogen) atoms. The summed E-state index contributed by atoms with van der Waals surface area (Å²) in [6.45, 7) is 1.87. The van der Waals surface area contributed by atoms with Crippen LogP contribution in [0, 0.1) is 0 Å². The Labute approximate surface area is 111 Å².